The minimum atomic E-state index is -0.445. The third-order valence-corrected chi connectivity index (χ3v) is 5.79. The highest BCUT2D eigenvalue weighted by atomic mass is 32.1. The van der Waals surface area contributed by atoms with Crippen molar-refractivity contribution in [2.24, 2.45) is 4.99 Å². The first-order chi connectivity index (χ1) is 15.1. The van der Waals surface area contributed by atoms with Crippen molar-refractivity contribution in [3.63, 3.8) is 0 Å². The summed E-state index contributed by atoms with van der Waals surface area (Å²) in [5, 5.41) is 3.56. The average molecular weight is 436 g/mol. The molecule has 0 aliphatic carbocycles. The molecular formula is C22H21N5O3S. The van der Waals surface area contributed by atoms with Gasteiger partial charge in [-0.3, -0.25) is 24.7 Å². The highest BCUT2D eigenvalue weighted by Gasteiger charge is 2.23. The number of aromatic amines is 1. The van der Waals surface area contributed by atoms with Crippen molar-refractivity contribution < 1.29 is 9.53 Å². The largest absolute Gasteiger partial charge is 0.469 e. The Labute approximate surface area is 182 Å². The highest BCUT2D eigenvalue weighted by Crippen LogP contribution is 2.24. The third-order valence-electron chi connectivity index (χ3n) is 4.77. The molecule has 0 bridgehead atoms. The maximum atomic E-state index is 13.4. The van der Waals surface area contributed by atoms with Gasteiger partial charge in [0, 0.05) is 11.9 Å². The summed E-state index contributed by atoms with van der Waals surface area (Å²) in [5.41, 5.74) is 2.75. The number of para-hydroxylation sites is 1. The number of aliphatic imine (C=N–C) groups is 1. The lowest BCUT2D eigenvalue weighted by molar-refractivity contribution is -0.139. The molecule has 0 aliphatic rings. The van der Waals surface area contributed by atoms with Crippen molar-refractivity contribution in [2.45, 2.75) is 26.3 Å². The van der Waals surface area contributed by atoms with Gasteiger partial charge in [-0.2, -0.15) is 4.68 Å². The Kier molecular flexibility index (Phi) is 6.03. The maximum Gasteiger partial charge on any atom is 0.311 e. The molecule has 0 unspecified atom stereocenters. The van der Waals surface area contributed by atoms with E-state index in [1.165, 1.54) is 23.1 Å². The third kappa shape index (κ3) is 4.31. The number of methoxy groups -OCH3 is 1. The Bertz CT molecular complexity index is 1270. The molecule has 4 rings (SSSR count). The minimum absolute atomic E-state index is 0.0679. The van der Waals surface area contributed by atoms with Crippen molar-refractivity contribution in [3.8, 4) is 5.13 Å². The van der Waals surface area contributed by atoms with Gasteiger partial charge in [0.2, 0.25) is 5.13 Å². The molecule has 31 heavy (non-hydrogen) atoms. The lowest BCUT2D eigenvalue weighted by Gasteiger charge is -2.04. The number of carbonyl (C=O) groups is 1. The number of hydrogen-bond donors (Lipinski definition) is 1. The first-order valence-corrected chi connectivity index (χ1v) is 10.6. The van der Waals surface area contributed by atoms with Crippen LogP contribution in [0.4, 0.5) is 0 Å². The molecule has 158 valence electrons. The van der Waals surface area contributed by atoms with E-state index in [2.05, 4.69) is 20.1 Å². The van der Waals surface area contributed by atoms with Crippen LogP contribution in [0.3, 0.4) is 0 Å². The molecule has 0 atom stereocenters. The second-order valence-corrected chi connectivity index (χ2v) is 7.77. The van der Waals surface area contributed by atoms with Crippen LogP contribution >= 0.6 is 11.3 Å². The fraction of sp³-hybridized carbons (Fsp3) is 0.227. The Hall–Kier alpha value is -3.59. The van der Waals surface area contributed by atoms with E-state index in [0.29, 0.717) is 35.1 Å². The molecule has 0 amide bonds. The number of thiazole rings is 1. The Balaban J connectivity index is 1.81. The van der Waals surface area contributed by atoms with Crippen LogP contribution in [0.5, 0.6) is 0 Å². The number of nitrogens with one attached hydrogen (secondary N) is 1. The first kappa shape index (κ1) is 20.7. The van der Waals surface area contributed by atoms with Gasteiger partial charge in [0.05, 0.1) is 47.2 Å². The van der Waals surface area contributed by atoms with Gasteiger partial charge in [-0.05, 0) is 30.7 Å². The molecule has 1 N–H and O–H groups in total. The fourth-order valence-electron chi connectivity index (χ4n) is 3.25. The molecule has 0 radical (unpaired) electrons. The number of esters is 1. The molecular weight excluding hydrogens is 414 g/mol. The molecule has 9 heteroatoms. The number of pyridine rings is 1. The summed E-state index contributed by atoms with van der Waals surface area (Å²) in [6, 6.07) is 13.3. The van der Waals surface area contributed by atoms with Gasteiger partial charge in [-0.1, -0.05) is 36.5 Å². The molecule has 3 aromatic heterocycles. The number of aromatic nitrogens is 4. The SMILES string of the molecule is CCC(=NCc1ccccn1)c1c(CC(=O)OC)[nH]n(-c2nc3ccccc3s2)c1=O. The van der Waals surface area contributed by atoms with Crippen molar-refractivity contribution in [1.82, 2.24) is 19.7 Å². The van der Waals surface area contributed by atoms with E-state index in [1.54, 1.807) is 6.20 Å². The minimum Gasteiger partial charge on any atom is -0.469 e. The first-order valence-electron chi connectivity index (χ1n) is 9.81. The number of rotatable bonds is 7. The molecule has 0 saturated carbocycles. The van der Waals surface area contributed by atoms with Crippen LogP contribution in [0, 0.1) is 0 Å². The Morgan fingerprint density at radius 3 is 2.74 bits per heavy atom. The van der Waals surface area contributed by atoms with Crippen LogP contribution in [0.25, 0.3) is 15.3 Å². The summed E-state index contributed by atoms with van der Waals surface area (Å²) in [4.78, 5) is 38.9. The van der Waals surface area contributed by atoms with Crippen LogP contribution < -0.4 is 5.56 Å². The number of ether oxygens (including phenoxy) is 1. The number of carbonyl (C=O) groups excluding carboxylic acids is 1. The van der Waals surface area contributed by atoms with Gasteiger partial charge in [0.15, 0.2) is 0 Å². The number of hydrogen-bond acceptors (Lipinski definition) is 7. The second kappa shape index (κ2) is 9.05. The summed E-state index contributed by atoms with van der Waals surface area (Å²) < 4.78 is 7.17. The van der Waals surface area contributed by atoms with E-state index >= 15 is 0 Å². The lowest BCUT2D eigenvalue weighted by Crippen LogP contribution is -2.21. The van der Waals surface area contributed by atoms with Crippen molar-refractivity contribution in [3.05, 3.63) is 76.0 Å². The van der Waals surface area contributed by atoms with Crippen molar-refractivity contribution in [2.75, 3.05) is 7.11 Å². The quantitative estimate of drug-likeness (QED) is 0.354. The van der Waals surface area contributed by atoms with Gasteiger partial charge in [-0.25, -0.2) is 4.98 Å². The van der Waals surface area contributed by atoms with Gasteiger partial charge in [0.1, 0.15) is 0 Å². The summed E-state index contributed by atoms with van der Waals surface area (Å²) in [7, 11) is 1.32. The van der Waals surface area contributed by atoms with Gasteiger partial charge in [0.25, 0.3) is 5.56 Å². The average Bonchev–Trinajstić information content (AvgIpc) is 3.36. The van der Waals surface area contributed by atoms with Crippen molar-refractivity contribution >= 4 is 33.2 Å². The summed E-state index contributed by atoms with van der Waals surface area (Å²) in [6.45, 7) is 2.26. The lowest BCUT2D eigenvalue weighted by atomic mass is 10.1. The van der Waals surface area contributed by atoms with E-state index < -0.39 is 5.97 Å². The van der Waals surface area contributed by atoms with Gasteiger partial charge >= 0.3 is 5.97 Å². The van der Waals surface area contributed by atoms with Gasteiger partial charge in [-0.15, -0.1) is 0 Å². The topological polar surface area (TPSA) is 102 Å². The van der Waals surface area contributed by atoms with E-state index in [-0.39, 0.29) is 12.0 Å². The summed E-state index contributed by atoms with van der Waals surface area (Å²) >= 11 is 1.40. The number of nitrogens with zero attached hydrogens (tertiary/aromatic N) is 4. The van der Waals surface area contributed by atoms with Crippen LogP contribution in [-0.2, 0) is 22.5 Å². The molecule has 4 aromatic rings. The Morgan fingerprint density at radius 2 is 2.03 bits per heavy atom. The van der Waals surface area contributed by atoms with Crippen molar-refractivity contribution in [1.29, 1.82) is 0 Å². The standard InChI is InChI=1S/C22H21N5O3S/c1-3-15(24-13-14-8-6-7-11-23-14)20-17(12-19(28)30-2)26-27(21(20)29)22-25-16-9-4-5-10-18(16)31-22/h4-11,26H,3,12-13H2,1-2H3. The number of fused-ring (bicyclic) bond motifs is 1. The monoisotopic (exact) mass is 435 g/mol. The molecule has 3 heterocycles. The normalized spacial score (nSPS) is 11.7. The van der Waals surface area contributed by atoms with Crippen LogP contribution in [0.1, 0.15) is 30.3 Å². The second-order valence-electron chi connectivity index (χ2n) is 6.76. The number of H-pyrrole nitrogens is 1. The molecule has 1 aromatic carbocycles. The summed E-state index contributed by atoms with van der Waals surface area (Å²) in [5.74, 6) is -0.445. The fourth-order valence-corrected chi connectivity index (χ4v) is 4.18. The van der Waals surface area contributed by atoms with E-state index in [1.807, 2.05) is 49.4 Å². The van der Waals surface area contributed by atoms with E-state index in [9.17, 15) is 9.59 Å². The maximum absolute atomic E-state index is 13.4. The van der Waals surface area contributed by atoms with E-state index in [4.69, 9.17) is 4.74 Å². The predicted octanol–water partition coefficient (Wildman–Crippen LogP) is 3.29. The molecule has 0 fully saturated rings. The molecule has 0 spiro atoms. The summed E-state index contributed by atoms with van der Waals surface area (Å²) in [6.07, 6.45) is 2.16. The zero-order valence-corrected chi connectivity index (χ0v) is 18.0. The Morgan fingerprint density at radius 1 is 1.23 bits per heavy atom. The molecule has 0 aliphatic heterocycles. The van der Waals surface area contributed by atoms with Crippen LogP contribution in [0.15, 0.2) is 58.4 Å². The molecule has 0 saturated heterocycles. The zero-order valence-electron chi connectivity index (χ0n) is 17.2. The smallest absolute Gasteiger partial charge is 0.311 e. The molecule has 8 nitrogen and oxygen atoms in total. The van der Waals surface area contributed by atoms with Gasteiger partial charge < -0.3 is 4.74 Å². The highest BCUT2D eigenvalue weighted by molar-refractivity contribution is 7.20. The van der Waals surface area contributed by atoms with E-state index in [0.717, 1.165) is 15.9 Å². The number of benzene rings is 1. The van der Waals surface area contributed by atoms with Crippen LogP contribution in [-0.4, -0.2) is 38.5 Å². The predicted molar refractivity (Wildman–Crippen MR) is 120 cm³/mol. The zero-order chi connectivity index (χ0) is 21.8. The van der Waals surface area contributed by atoms with Crippen LogP contribution in [0.2, 0.25) is 0 Å².